The van der Waals surface area contributed by atoms with Crippen molar-refractivity contribution in [1.82, 2.24) is 10.3 Å². The molecule has 1 aromatic carbocycles. The Morgan fingerprint density at radius 3 is 2.80 bits per heavy atom. The molecule has 132 valence electrons. The Bertz CT molecular complexity index is 825. The van der Waals surface area contributed by atoms with Crippen LogP contribution in [0.5, 0.6) is 0 Å². The van der Waals surface area contributed by atoms with E-state index >= 15 is 0 Å². The zero-order valence-electron chi connectivity index (χ0n) is 12.2. The van der Waals surface area contributed by atoms with Gasteiger partial charge in [0.25, 0.3) is 11.5 Å². The molecule has 0 fully saturated rings. The van der Waals surface area contributed by atoms with Crippen molar-refractivity contribution in [2.24, 2.45) is 0 Å². The van der Waals surface area contributed by atoms with Gasteiger partial charge in [0.05, 0.1) is 18.4 Å². The minimum atomic E-state index is -5.03. The van der Waals surface area contributed by atoms with Gasteiger partial charge >= 0.3 is 12.3 Å². The van der Waals surface area contributed by atoms with Crippen LogP contribution in [0.3, 0.4) is 0 Å². The maximum Gasteiger partial charge on any atom is 0.434 e. The second kappa shape index (κ2) is 5.96. The number of nitrogens with one attached hydrogen (secondary N) is 2. The van der Waals surface area contributed by atoms with Crippen LogP contribution in [0, 0.1) is 0 Å². The summed E-state index contributed by atoms with van der Waals surface area (Å²) in [5, 5.41) is 4.22. The summed E-state index contributed by atoms with van der Waals surface area (Å²) >= 11 is 5.79. The number of oxazole rings is 1. The highest BCUT2D eigenvalue weighted by Gasteiger charge is 2.62. The molecule has 2 heterocycles. The fraction of sp³-hybridized carbons (Fsp3) is 0.214. The molecule has 0 aliphatic carbocycles. The van der Waals surface area contributed by atoms with Gasteiger partial charge in [0, 0.05) is 10.6 Å². The molecule has 25 heavy (non-hydrogen) atoms. The van der Waals surface area contributed by atoms with E-state index in [0.29, 0.717) is 0 Å². The van der Waals surface area contributed by atoms with Crippen molar-refractivity contribution in [2.75, 3.05) is 11.9 Å². The third kappa shape index (κ3) is 3.00. The standard InChI is InChI=1S/C14H9ClF3N3O4/c15-7-1-2-9-8(3-7)13(14(16,17)18,25-12(23)21-9)5-20-11(22)10-4-19-6-24-10/h1-4,6H,5H2,(H,20,22)(H,21,23). The first kappa shape index (κ1) is 17.1. The van der Waals surface area contributed by atoms with Crippen molar-refractivity contribution < 1.29 is 31.9 Å². The van der Waals surface area contributed by atoms with Crippen LogP contribution in [0.1, 0.15) is 16.1 Å². The molecule has 1 aliphatic heterocycles. The van der Waals surface area contributed by atoms with Crippen LogP contribution >= 0.6 is 11.6 Å². The Morgan fingerprint density at radius 1 is 1.40 bits per heavy atom. The van der Waals surface area contributed by atoms with Gasteiger partial charge in [0.15, 0.2) is 6.39 Å². The number of anilines is 1. The van der Waals surface area contributed by atoms with Crippen LogP contribution in [0.15, 0.2) is 35.2 Å². The largest absolute Gasteiger partial charge is 0.438 e. The fourth-order valence-corrected chi connectivity index (χ4v) is 2.54. The van der Waals surface area contributed by atoms with Crippen molar-refractivity contribution >= 4 is 29.3 Å². The molecular weight excluding hydrogens is 367 g/mol. The first-order valence-electron chi connectivity index (χ1n) is 6.76. The molecule has 1 atom stereocenters. The number of hydrogen-bond donors (Lipinski definition) is 2. The van der Waals surface area contributed by atoms with Gasteiger partial charge in [-0.3, -0.25) is 10.1 Å². The molecule has 1 unspecified atom stereocenters. The molecule has 7 nitrogen and oxygen atoms in total. The second-order valence-electron chi connectivity index (χ2n) is 5.08. The normalized spacial score (nSPS) is 19.6. The van der Waals surface area contributed by atoms with Crippen LogP contribution in [0.25, 0.3) is 0 Å². The first-order chi connectivity index (χ1) is 11.7. The number of cyclic esters (lactones) is 1. The molecule has 3 rings (SSSR count). The molecule has 1 aromatic heterocycles. The van der Waals surface area contributed by atoms with Crippen molar-refractivity contribution in [3.63, 3.8) is 0 Å². The topological polar surface area (TPSA) is 93.5 Å². The lowest BCUT2D eigenvalue weighted by Crippen LogP contribution is -2.56. The van der Waals surface area contributed by atoms with Gasteiger partial charge in [-0.15, -0.1) is 0 Å². The Morgan fingerprint density at radius 2 is 2.16 bits per heavy atom. The van der Waals surface area contributed by atoms with Crippen LogP contribution in [-0.2, 0) is 10.3 Å². The molecule has 2 aromatic rings. The molecule has 0 saturated heterocycles. The van der Waals surface area contributed by atoms with Gasteiger partial charge in [-0.05, 0) is 18.2 Å². The number of halogens is 4. The zero-order valence-corrected chi connectivity index (χ0v) is 12.9. The molecule has 0 spiro atoms. The van der Waals surface area contributed by atoms with E-state index in [1.165, 1.54) is 12.1 Å². The Balaban J connectivity index is 2.01. The number of aromatic nitrogens is 1. The van der Waals surface area contributed by atoms with Crippen molar-refractivity contribution in [2.45, 2.75) is 11.8 Å². The van der Waals surface area contributed by atoms with Gasteiger partial charge < -0.3 is 14.5 Å². The first-order valence-corrected chi connectivity index (χ1v) is 7.14. The van der Waals surface area contributed by atoms with E-state index in [0.717, 1.165) is 18.7 Å². The average Bonchev–Trinajstić information content (AvgIpc) is 3.06. The second-order valence-corrected chi connectivity index (χ2v) is 5.51. The van der Waals surface area contributed by atoms with Crippen molar-refractivity contribution in [3.05, 3.63) is 47.1 Å². The lowest BCUT2D eigenvalue weighted by atomic mass is 9.89. The lowest BCUT2D eigenvalue weighted by molar-refractivity contribution is -0.261. The number of hydrogen-bond acceptors (Lipinski definition) is 5. The predicted molar refractivity (Wildman–Crippen MR) is 78.1 cm³/mol. The van der Waals surface area contributed by atoms with Gasteiger partial charge in [-0.25, -0.2) is 9.78 Å². The maximum atomic E-state index is 13.8. The summed E-state index contributed by atoms with van der Waals surface area (Å²) < 4.78 is 50.8. The van der Waals surface area contributed by atoms with E-state index in [1.807, 2.05) is 5.32 Å². The van der Waals surface area contributed by atoms with Crippen molar-refractivity contribution in [3.8, 4) is 0 Å². The van der Waals surface area contributed by atoms with Crippen LogP contribution in [-0.4, -0.2) is 29.7 Å². The number of carbonyl (C=O) groups excluding carboxylic acids is 2. The third-order valence-electron chi connectivity index (χ3n) is 3.53. The quantitative estimate of drug-likeness (QED) is 0.860. The van der Waals surface area contributed by atoms with E-state index in [9.17, 15) is 22.8 Å². The van der Waals surface area contributed by atoms with Crippen LogP contribution < -0.4 is 10.6 Å². The highest BCUT2D eigenvalue weighted by Crippen LogP contribution is 2.47. The number of nitrogens with zero attached hydrogens (tertiary/aromatic N) is 1. The Hall–Kier alpha value is -2.75. The number of benzene rings is 1. The Kier molecular flexibility index (Phi) is 4.07. The van der Waals surface area contributed by atoms with E-state index in [-0.39, 0.29) is 16.5 Å². The summed E-state index contributed by atoms with van der Waals surface area (Å²) in [4.78, 5) is 27.0. The molecule has 2 amide bonds. The summed E-state index contributed by atoms with van der Waals surface area (Å²) in [7, 11) is 0. The zero-order chi connectivity index (χ0) is 18.2. The number of ether oxygens (including phenoxy) is 1. The van der Waals surface area contributed by atoms with Gasteiger partial charge in [0.1, 0.15) is 0 Å². The minimum Gasteiger partial charge on any atom is -0.438 e. The lowest BCUT2D eigenvalue weighted by Gasteiger charge is -2.39. The highest BCUT2D eigenvalue weighted by molar-refractivity contribution is 6.30. The van der Waals surface area contributed by atoms with E-state index in [2.05, 4.69) is 15.0 Å². The Labute approximate surface area is 143 Å². The fourth-order valence-electron chi connectivity index (χ4n) is 2.37. The predicted octanol–water partition coefficient (Wildman–Crippen LogP) is 3.08. The highest BCUT2D eigenvalue weighted by atomic mass is 35.5. The molecular formula is C14H9ClF3N3O4. The summed E-state index contributed by atoms with van der Waals surface area (Å²) in [6.45, 7) is -1.07. The van der Waals surface area contributed by atoms with E-state index in [4.69, 9.17) is 16.0 Å². The van der Waals surface area contributed by atoms with Crippen LogP contribution in [0.4, 0.5) is 23.7 Å². The number of amides is 2. The number of carbonyl (C=O) groups is 2. The molecule has 0 bridgehead atoms. The average molecular weight is 376 g/mol. The molecule has 2 N–H and O–H groups in total. The number of alkyl halides is 3. The van der Waals surface area contributed by atoms with E-state index in [1.54, 1.807) is 0 Å². The molecule has 0 saturated carbocycles. The van der Waals surface area contributed by atoms with Gasteiger partial charge in [0.2, 0.25) is 5.76 Å². The van der Waals surface area contributed by atoms with Gasteiger partial charge in [-0.1, -0.05) is 11.6 Å². The molecule has 0 radical (unpaired) electrons. The number of fused-ring (bicyclic) bond motifs is 1. The smallest absolute Gasteiger partial charge is 0.434 e. The number of rotatable bonds is 3. The molecule has 1 aliphatic rings. The SMILES string of the molecule is O=C1Nc2ccc(Cl)cc2C(CNC(=O)c2cnco2)(C(F)(F)F)O1. The van der Waals surface area contributed by atoms with E-state index < -0.39 is 35.9 Å². The monoisotopic (exact) mass is 375 g/mol. The maximum absolute atomic E-state index is 13.8. The summed E-state index contributed by atoms with van der Waals surface area (Å²) in [5.74, 6) is -1.23. The summed E-state index contributed by atoms with van der Waals surface area (Å²) in [5.41, 5.74) is -3.65. The molecule has 11 heteroatoms. The van der Waals surface area contributed by atoms with Crippen molar-refractivity contribution in [1.29, 1.82) is 0 Å². The summed E-state index contributed by atoms with van der Waals surface area (Å²) in [6.07, 6.45) is -4.34. The minimum absolute atomic E-state index is 0.00804. The van der Waals surface area contributed by atoms with Crippen LogP contribution in [0.2, 0.25) is 5.02 Å². The third-order valence-corrected chi connectivity index (χ3v) is 3.77. The van der Waals surface area contributed by atoms with Gasteiger partial charge in [-0.2, -0.15) is 13.2 Å². The summed E-state index contributed by atoms with van der Waals surface area (Å²) in [6, 6.07) is 3.56.